The Balaban J connectivity index is 2.29. The molecule has 1 aliphatic carbocycles. The Labute approximate surface area is 118 Å². The molecule has 1 N–H and O–H groups in total. The molecule has 1 aliphatic rings. The predicted octanol–water partition coefficient (Wildman–Crippen LogP) is 4.69. The molecule has 19 heavy (non-hydrogen) atoms. The van der Waals surface area contributed by atoms with Crippen LogP contribution in [0, 0.1) is 5.92 Å². The van der Waals surface area contributed by atoms with Crippen molar-refractivity contribution in [1.82, 2.24) is 0 Å². The topological polar surface area (TPSA) is 20.2 Å². The van der Waals surface area contributed by atoms with E-state index in [0.717, 1.165) is 25.7 Å². The van der Waals surface area contributed by atoms with Gasteiger partial charge in [0.1, 0.15) is 0 Å². The van der Waals surface area contributed by atoms with Crippen LogP contribution in [0.25, 0.3) is 0 Å². The number of benzene rings is 1. The van der Waals surface area contributed by atoms with E-state index >= 15 is 0 Å². The number of aliphatic hydroxyl groups excluding tert-OH is 1. The van der Waals surface area contributed by atoms with Crippen LogP contribution in [-0.4, -0.2) is 11.2 Å². The zero-order chi connectivity index (χ0) is 13.7. The zero-order valence-corrected chi connectivity index (χ0v) is 12.4. The van der Waals surface area contributed by atoms with Gasteiger partial charge < -0.3 is 5.11 Å². The van der Waals surface area contributed by atoms with E-state index in [1.54, 1.807) is 0 Å². The molecule has 1 aromatic carbocycles. The molecule has 0 heterocycles. The zero-order valence-electron chi connectivity index (χ0n) is 12.4. The molecule has 2 unspecified atom stereocenters. The van der Waals surface area contributed by atoms with Crippen molar-refractivity contribution in [3.05, 3.63) is 35.9 Å². The Hall–Kier alpha value is -0.820. The Morgan fingerprint density at radius 2 is 1.74 bits per heavy atom. The van der Waals surface area contributed by atoms with Crippen LogP contribution in [0.15, 0.2) is 30.3 Å². The van der Waals surface area contributed by atoms with Crippen LogP contribution in [0.3, 0.4) is 0 Å². The van der Waals surface area contributed by atoms with Crippen molar-refractivity contribution in [3.8, 4) is 0 Å². The van der Waals surface area contributed by atoms with Gasteiger partial charge in [0, 0.05) is 5.41 Å². The minimum absolute atomic E-state index is 0.00803. The average molecular weight is 260 g/mol. The fourth-order valence-electron chi connectivity index (χ4n) is 3.87. The second-order valence-electron chi connectivity index (χ2n) is 6.29. The molecule has 1 saturated carbocycles. The van der Waals surface area contributed by atoms with Gasteiger partial charge in [-0.05, 0) is 30.7 Å². The fourth-order valence-corrected chi connectivity index (χ4v) is 3.87. The lowest BCUT2D eigenvalue weighted by atomic mass is 9.63. The molecule has 0 saturated heterocycles. The molecule has 106 valence electrons. The maximum Gasteiger partial charge on any atom is 0.0662 e. The molecule has 0 amide bonds. The summed E-state index contributed by atoms with van der Waals surface area (Å²) in [4.78, 5) is 0. The molecular formula is C18H28O. The van der Waals surface area contributed by atoms with Crippen LogP contribution in [0.4, 0.5) is 0 Å². The average Bonchev–Trinajstić information content (AvgIpc) is 2.48. The van der Waals surface area contributed by atoms with Gasteiger partial charge in [-0.25, -0.2) is 0 Å². The Bertz CT molecular complexity index is 365. The minimum Gasteiger partial charge on any atom is -0.392 e. The Morgan fingerprint density at radius 3 is 2.32 bits per heavy atom. The van der Waals surface area contributed by atoms with Crippen molar-refractivity contribution in [2.75, 3.05) is 0 Å². The van der Waals surface area contributed by atoms with Gasteiger partial charge in [-0.1, -0.05) is 69.9 Å². The molecule has 2 atom stereocenters. The highest BCUT2D eigenvalue weighted by Crippen LogP contribution is 2.44. The monoisotopic (exact) mass is 260 g/mol. The molecular weight excluding hydrogens is 232 g/mol. The molecule has 0 bridgehead atoms. The van der Waals surface area contributed by atoms with Crippen LogP contribution in [0.5, 0.6) is 0 Å². The summed E-state index contributed by atoms with van der Waals surface area (Å²) in [6.45, 7) is 4.42. The second kappa shape index (κ2) is 6.56. The lowest BCUT2D eigenvalue weighted by molar-refractivity contribution is 0.0100. The molecule has 0 spiro atoms. The quantitative estimate of drug-likeness (QED) is 0.814. The smallest absolute Gasteiger partial charge is 0.0662 e. The maximum atomic E-state index is 11.0. The van der Waals surface area contributed by atoms with Crippen LogP contribution in [-0.2, 0) is 5.41 Å². The first-order valence-electron chi connectivity index (χ1n) is 7.94. The maximum absolute atomic E-state index is 11.0. The van der Waals surface area contributed by atoms with Crippen molar-refractivity contribution in [1.29, 1.82) is 0 Å². The van der Waals surface area contributed by atoms with E-state index in [-0.39, 0.29) is 11.5 Å². The standard InChI is InChI=1S/C18H28O/c1-3-10-15(2)17(19)18(13-8-5-9-14-18)16-11-6-4-7-12-16/h4,6-7,11-12,15,17,19H,3,5,8-10,13-14H2,1-2H3. The molecule has 1 nitrogen and oxygen atoms in total. The lowest BCUT2D eigenvalue weighted by Gasteiger charge is -2.44. The van der Waals surface area contributed by atoms with E-state index in [0.29, 0.717) is 5.92 Å². The predicted molar refractivity (Wildman–Crippen MR) is 81.3 cm³/mol. The first-order chi connectivity index (χ1) is 9.20. The van der Waals surface area contributed by atoms with Crippen LogP contribution < -0.4 is 0 Å². The summed E-state index contributed by atoms with van der Waals surface area (Å²) in [7, 11) is 0. The third-order valence-corrected chi connectivity index (χ3v) is 4.94. The summed E-state index contributed by atoms with van der Waals surface area (Å²) in [5, 5.41) is 11.0. The van der Waals surface area contributed by atoms with Gasteiger partial charge in [0.15, 0.2) is 0 Å². The normalized spacial score (nSPS) is 21.8. The first-order valence-corrected chi connectivity index (χ1v) is 7.94. The molecule has 0 aliphatic heterocycles. The third kappa shape index (κ3) is 3.02. The summed E-state index contributed by atoms with van der Waals surface area (Å²) < 4.78 is 0. The summed E-state index contributed by atoms with van der Waals surface area (Å²) >= 11 is 0. The molecule has 0 aromatic heterocycles. The van der Waals surface area contributed by atoms with Crippen molar-refractivity contribution >= 4 is 0 Å². The number of rotatable bonds is 5. The first kappa shape index (κ1) is 14.6. The molecule has 2 rings (SSSR count). The fraction of sp³-hybridized carbons (Fsp3) is 0.667. The van der Waals surface area contributed by atoms with Gasteiger partial charge in [-0.3, -0.25) is 0 Å². The van der Waals surface area contributed by atoms with E-state index in [1.165, 1.54) is 24.8 Å². The van der Waals surface area contributed by atoms with Crippen LogP contribution in [0.2, 0.25) is 0 Å². The van der Waals surface area contributed by atoms with Gasteiger partial charge in [0.05, 0.1) is 6.10 Å². The van der Waals surface area contributed by atoms with E-state index in [2.05, 4.69) is 44.2 Å². The number of hydrogen-bond acceptors (Lipinski definition) is 1. The van der Waals surface area contributed by atoms with E-state index < -0.39 is 0 Å². The molecule has 1 aromatic rings. The molecule has 1 fully saturated rings. The van der Waals surface area contributed by atoms with Gasteiger partial charge in [-0.15, -0.1) is 0 Å². The summed E-state index contributed by atoms with van der Waals surface area (Å²) in [6, 6.07) is 10.7. The van der Waals surface area contributed by atoms with Gasteiger partial charge >= 0.3 is 0 Å². The van der Waals surface area contributed by atoms with Crippen LogP contribution >= 0.6 is 0 Å². The second-order valence-corrected chi connectivity index (χ2v) is 6.29. The largest absolute Gasteiger partial charge is 0.392 e. The van der Waals surface area contributed by atoms with Gasteiger partial charge in [0.2, 0.25) is 0 Å². The van der Waals surface area contributed by atoms with Gasteiger partial charge in [0.25, 0.3) is 0 Å². The highest BCUT2D eigenvalue weighted by molar-refractivity contribution is 5.28. The molecule has 1 heteroatoms. The highest BCUT2D eigenvalue weighted by atomic mass is 16.3. The highest BCUT2D eigenvalue weighted by Gasteiger charge is 2.42. The summed E-state index contributed by atoms with van der Waals surface area (Å²) in [5.74, 6) is 0.392. The van der Waals surface area contributed by atoms with E-state index in [1.807, 2.05) is 0 Å². The van der Waals surface area contributed by atoms with Crippen molar-refractivity contribution < 1.29 is 5.11 Å². The summed E-state index contributed by atoms with van der Waals surface area (Å²) in [6.07, 6.45) is 8.20. The SMILES string of the molecule is CCCC(C)C(O)C1(c2ccccc2)CCCCC1. The van der Waals surface area contributed by atoms with Gasteiger partial charge in [-0.2, -0.15) is 0 Å². The van der Waals surface area contributed by atoms with E-state index in [4.69, 9.17) is 0 Å². The minimum atomic E-state index is -0.199. The number of hydrogen-bond donors (Lipinski definition) is 1. The van der Waals surface area contributed by atoms with Crippen molar-refractivity contribution in [2.24, 2.45) is 5.92 Å². The number of aliphatic hydroxyl groups is 1. The third-order valence-electron chi connectivity index (χ3n) is 4.94. The van der Waals surface area contributed by atoms with Crippen LogP contribution in [0.1, 0.15) is 64.4 Å². The lowest BCUT2D eigenvalue weighted by Crippen LogP contribution is -2.45. The summed E-state index contributed by atoms with van der Waals surface area (Å²) in [5.41, 5.74) is 1.36. The Kier molecular flexibility index (Phi) is 5.04. The Morgan fingerprint density at radius 1 is 1.11 bits per heavy atom. The van der Waals surface area contributed by atoms with Crippen molar-refractivity contribution in [3.63, 3.8) is 0 Å². The molecule has 0 radical (unpaired) electrons. The van der Waals surface area contributed by atoms with Crippen molar-refractivity contribution in [2.45, 2.75) is 70.3 Å². The van der Waals surface area contributed by atoms with E-state index in [9.17, 15) is 5.11 Å².